The summed E-state index contributed by atoms with van der Waals surface area (Å²) in [6.45, 7) is 2.53. The zero-order chi connectivity index (χ0) is 12.3. The van der Waals surface area contributed by atoms with Crippen LogP contribution in [0.4, 0.5) is 5.69 Å². The summed E-state index contributed by atoms with van der Waals surface area (Å²) in [4.78, 5) is 15.5. The SMILES string of the molecule is Cc1ccc(CNc2cn[nH]c(=O)c2Br)cn1. The Morgan fingerprint density at radius 3 is 2.94 bits per heavy atom. The van der Waals surface area contributed by atoms with Crippen LogP contribution in [0.2, 0.25) is 0 Å². The predicted octanol–water partition coefficient (Wildman–Crippen LogP) is 1.85. The van der Waals surface area contributed by atoms with Gasteiger partial charge in [0.05, 0.1) is 11.9 Å². The number of anilines is 1. The van der Waals surface area contributed by atoms with Crippen LogP contribution in [-0.2, 0) is 6.54 Å². The van der Waals surface area contributed by atoms with Crippen molar-refractivity contribution in [3.63, 3.8) is 0 Å². The van der Waals surface area contributed by atoms with Crippen LogP contribution in [0.3, 0.4) is 0 Å². The number of nitrogens with zero attached hydrogens (tertiary/aromatic N) is 2. The average Bonchev–Trinajstić information content (AvgIpc) is 2.33. The molecule has 0 saturated carbocycles. The van der Waals surface area contributed by atoms with Gasteiger partial charge in [0.15, 0.2) is 0 Å². The van der Waals surface area contributed by atoms with Crippen LogP contribution in [0.5, 0.6) is 0 Å². The van der Waals surface area contributed by atoms with Crippen molar-refractivity contribution in [2.45, 2.75) is 13.5 Å². The predicted molar refractivity (Wildman–Crippen MR) is 68.9 cm³/mol. The summed E-state index contributed by atoms with van der Waals surface area (Å²) in [5, 5.41) is 9.19. The van der Waals surface area contributed by atoms with Gasteiger partial charge in [-0.05, 0) is 34.5 Å². The molecule has 0 aliphatic carbocycles. The second-order valence-electron chi connectivity index (χ2n) is 3.59. The van der Waals surface area contributed by atoms with Gasteiger partial charge in [-0.1, -0.05) is 6.07 Å². The van der Waals surface area contributed by atoms with Crippen LogP contribution in [0.15, 0.2) is 33.8 Å². The van der Waals surface area contributed by atoms with E-state index >= 15 is 0 Å². The molecule has 2 aromatic rings. The van der Waals surface area contributed by atoms with Gasteiger partial charge in [-0.3, -0.25) is 9.78 Å². The van der Waals surface area contributed by atoms with Gasteiger partial charge in [-0.25, -0.2) is 5.10 Å². The second kappa shape index (κ2) is 5.09. The molecule has 0 aromatic carbocycles. The molecule has 2 heterocycles. The topological polar surface area (TPSA) is 70.7 Å². The molecule has 0 aliphatic heterocycles. The number of aromatic amines is 1. The second-order valence-corrected chi connectivity index (χ2v) is 4.38. The smallest absolute Gasteiger partial charge is 0.280 e. The van der Waals surface area contributed by atoms with Gasteiger partial charge in [0, 0.05) is 18.4 Å². The minimum absolute atomic E-state index is 0.253. The van der Waals surface area contributed by atoms with Crippen LogP contribution in [-0.4, -0.2) is 15.2 Å². The number of rotatable bonds is 3. The third-order valence-corrected chi connectivity index (χ3v) is 3.04. The molecule has 0 fully saturated rings. The highest BCUT2D eigenvalue weighted by atomic mass is 79.9. The van der Waals surface area contributed by atoms with Crippen molar-refractivity contribution in [2.75, 3.05) is 5.32 Å². The Labute approximate surface area is 106 Å². The van der Waals surface area contributed by atoms with Gasteiger partial charge in [-0.15, -0.1) is 0 Å². The van der Waals surface area contributed by atoms with E-state index in [0.29, 0.717) is 16.7 Å². The van der Waals surface area contributed by atoms with E-state index in [1.165, 1.54) is 0 Å². The Kier molecular flexibility index (Phi) is 3.53. The number of hydrogen-bond donors (Lipinski definition) is 2. The Balaban J connectivity index is 2.10. The first kappa shape index (κ1) is 11.8. The average molecular weight is 295 g/mol. The monoisotopic (exact) mass is 294 g/mol. The molecular weight excluding hydrogens is 284 g/mol. The minimum atomic E-state index is -0.253. The zero-order valence-electron chi connectivity index (χ0n) is 9.20. The molecule has 0 aliphatic rings. The van der Waals surface area contributed by atoms with E-state index < -0.39 is 0 Å². The maximum atomic E-state index is 11.3. The van der Waals surface area contributed by atoms with Gasteiger partial charge in [0.25, 0.3) is 5.56 Å². The Morgan fingerprint density at radius 1 is 1.41 bits per heavy atom. The molecule has 2 rings (SSSR count). The number of aromatic nitrogens is 3. The van der Waals surface area contributed by atoms with Crippen LogP contribution in [0.25, 0.3) is 0 Å². The summed E-state index contributed by atoms with van der Waals surface area (Å²) in [6.07, 6.45) is 3.37. The van der Waals surface area contributed by atoms with Gasteiger partial charge in [-0.2, -0.15) is 5.10 Å². The fourth-order valence-electron chi connectivity index (χ4n) is 1.31. The van der Waals surface area contributed by atoms with E-state index in [9.17, 15) is 4.79 Å². The molecule has 0 spiro atoms. The fraction of sp³-hybridized carbons (Fsp3) is 0.182. The minimum Gasteiger partial charge on any atom is -0.379 e. The van der Waals surface area contributed by atoms with Gasteiger partial charge in [0.1, 0.15) is 4.47 Å². The Bertz CT molecular complexity index is 564. The number of nitrogens with one attached hydrogen (secondary N) is 2. The molecule has 0 unspecified atom stereocenters. The normalized spacial score (nSPS) is 10.2. The third-order valence-electron chi connectivity index (χ3n) is 2.25. The van der Waals surface area contributed by atoms with E-state index in [4.69, 9.17) is 0 Å². The van der Waals surface area contributed by atoms with Crippen molar-refractivity contribution in [3.05, 3.63) is 50.6 Å². The molecule has 2 N–H and O–H groups in total. The maximum absolute atomic E-state index is 11.3. The van der Waals surface area contributed by atoms with E-state index in [1.807, 2.05) is 19.1 Å². The van der Waals surface area contributed by atoms with Crippen LogP contribution in [0.1, 0.15) is 11.3 Å². The molecule has 6 heteroatoms. The lowest BCUT2D eigenvalue weighted by Crippen LogP contribution is -2.12. The van der Waals surface area contributed by atoms with E-state index in [2.05, 4.69) is 36.4 Å². The molecule has 88 valence electrons. The van der Waals surface area contributed by atoms with Crippen LogP contribution in [0, 0.1) is 6.92 Å². The number of pyridine rings is 1. The largest absolute Gasteiger partial charge is 0.379 e. The van der Waals surface area contributed by atoms with Crippen molar-refractivity contribution in [1.29, 1.82) is 0 Å². The number of aryl methyl sites for hydroxylation is 1. The summed E-state index contributed by atoms with van der Waals surface area (Å²) >= 11 is 3.20. The van der Waals surface area contributed by atoms with E-state index in [0.717, 1.165) is 11.3 Å². The molecule has 5 nitrogen and oxygen atoms in total. The summed E-state index contributed by atoms with van der Waals surface area (Å²) in [7, 11) is 0. The van der Waals surface area contributed by atoms with Gasteiger partial charge in [0.2, 0.25) is 0 Å². The van der Waals surface area contributed by atoms with Crippen molar-refractivity contribution in [1.82, 2.24) is 15.2 Å². The first-order valence-corrected chi connectivity index (χ1v) is 5.84. The highest BCUT2D eigenvalue weighted by Gasteiger charge is 2.03. The number of hydrogen-bond acceptors (Lipinski definition) is 4. The third kappa shape index (κ3) is 2.91. The summed E-state index contributed by atoms with van der Waals surface area (Å²) < 4.78 is 0.451. The lowest BCUT2D eigenvalue weighted by Gasteiger charge is -2.06. The fourth-order valence-corrected chi connectivity index (χ4v) is 1.64. The van der Waals surface area contributed by atoms with Crippen LogP contribution < -0.4 is 10.9 Å². The van der Waals surface area contributed by atoms with Gasteiger partial charge >= 0.3 is 0 Å². The molecule has 0 amide bonds. The lowest BCUT2D eigenvalue weighted by molar-refractivity contribution is 0.969. The van der Waals surface area contributed by atoms with Crippen molar-refractivity contribution < 1.29 is 0 Å². The quantitative estimate of drug-likeness (QED) is 0.906. The Morgan fingerprint density at radius 2 is 2.24 bits per heavy atom. The van der Waals surface area contributed by atoms with Gasteiger partial charge < -0.3 is 5.32 Å². The number of H-pyrrole nitrogens is 1. The van der Waals surface area contributed by atoms with Crippen LogP contribution >= 0.6 is 15.9 Å². The first-order valence-electron chi connectivity index (χ1n) is 5.05. The molecule has 0 atom stereocenters. The molecule has 17 heavy (non-hydrogen) atoms. The van der Waals surface area contributed by atoms with Crippen molar-refractivity contribution in [2.24, 2.45) is 0 Å². The highest BCUT2D eigenvalue weighted by molar-refractivity contribution is 9.10. The number of halogens is 1. The molecule has 2 aromatic heterocycles. The van der Waals surface area contributed by atoms with E-state index in [-0.39, 0.29) is 5.56 Å². The van der Waals surface area contributed by atoms with Crippen molar-refractivity contribution >= 4 is 21.6 Å². The molecule has 0 saturated heterocycles. The summed E-state index contributed by atoms with van der Waals surface area (Å²) in [5.74, 6) is 0. The summed E-state index contributed by atoms with van der Waals surface area (Å²) in [5.41, 5.74) is 2.43. The standard InChI is InChI=1S/C11H11BrN4O/c1-7-2-3-8(4-13-7)5-14-9-6-15-16-11(17)10(9)12/h2-4,6H,5H2,1H3,(H2,14,16,17). The first-order chi connectivity index (χ1) is 8.16. The van der Waals surface area contributed by atoms with E-state index in [1.54, 1.807) is 12.4 Å². The maximum Gasteiger partial charge on any atom is 0.280 e. The van der Waals surface area contributed by atoms with Crippen molar-refractivity contribution in [3.8, 4) is 0 Å². The molecule has 0 radical (unpaired) electrons. The Hall–Kier alpha value is -1.69. The lowest BCUT2D eigenvalue weighted by atomic mass is 10.2. The molecule has 0 bridgehead atoms. The highest BCUT2D eigenvalue weighted by Crippen LogP contribution is 2.16. The molecular formula is C11H11BrN4O. The zero-order valence-corrected chi connectivity index (χ0v) is 10.8. The summed E-state index contributed by atoms with van der Waals surface area (Å²) in [6, 6.07) is 3.94.